The molecule has 0 saturated heterocycles. The monoisotopic (exact) mass is 349 g/mol. The highest BCUT2D eigenvalue weighted by Gasteiger charge is 2.13. The second kappa shape index (κ2) is 6.75. The first-order valence-corrected chi connectivity index (χ1v) is 7.22. The maximum absolute atomic E-state index is 12.5. The van der Waals surface area contributed by atoms with Gasteiger partial charge in [0.2, 0.25) is 0 Å². The minimum atomic E-state index is -2.58. The molecule has 1 aromatic carbocycles. The van der Waals surface area contributed by atoms with Crippen LogP contribution in [0.15, 0.2) is 35.6 Å². The number of esters is 1. The lowest BCUT2D eigenvalue weighted by atomic mass is 10.1. The first-order chi connectivity index (χ1) is 12.0. The molecule has 0 amide bonds. The topological polar surface area (TPSA) is 91.9 Å². The van der Waals surface area contributed by atoms with Crippen LogP contribution in [-0.4, -0.2) is 43.8 Å². The second-order valence-corrected chi connectivity index (χ2v) is 5.15. The Labute approximate surface area is 139 Å². The minimum Gasteiger partial charge on any atom is -0.465 e. The van der Waals surface area contributed by atoms with Crippen molar-refractivity contribution >= 4 is 16.9 Å². The summed E-state index contributed by atoms with van der Waals surface area (Å²) in [5.74, 6) is -0.317. The van der Waals surface area contributed by atoms with E-state index in [0.717, 1.165) is 11.0 Å². The summed E-state index contributed by atoms with van der Waals surface area (Å²) in [4.78, 5) is 32.1. The number of alkyl halides is 2. The Morgan fingerprint density at radius 3 is 2.84 bits per heavy atom. The molecular formula is C15H13F2N5O3. The van der Waals surface area contributed by atoms with E-state index in [0.29, 0.717) is 5.52 Å². The van der Waals surface area contributed by atoms with Crippen LogP contribution in [-0.2, 0) is 17.8 Å². The molecule has 0 unspecified atom stereocenters. The van der Waals surface area contributed by atoms with Crippen molar-refractivity contribution in [2.45, 2.75) is 19.5 Å². The number of ether oxygens (including phenoxy) is 1. The summed E-state index contributed by atoms with van der Waals surface area (Å²) in [7, 11) is 1.26. The van der Waals surface area contributed by atoms with Crippen LogP contribution >= 0.6 is 0 Å². The van der Waals surface area contributed by atoms with Gasteiger partial charge in [-0.15, -0.1) is 0 Å². The third-order valence-electron chi connectivity index (χ3n) is 3.56. The molecule has 25 heavy (non-hydrogen) atoms. The SMILES string of the molecule is COC(=O)c1ccc2c(=O)n(Cc3ncnn3CC(F)F)cnc2c1. The van der Waals surface area contributed by atoms with Gasteiger partial charge in [0.05, 0.1) is 36.4 Å². The van der Waals surface area contributed by atoms with E-state index in [4.69, 9.17) is 0 Å². The number of carbonyl (C=O) groups is 1. The maximum Gasteiger partial charge on any atom is 0.337 e. The van der Waals surface area contributed by atoms with Crippen molar-refractivity contribution in [3.63, 3.8) is 0 Å². The lowest BCUT2D eigenvalue weighted by molar-refractivity contribution is 0.0601. The highest BCUT2D eigenvalue weighted by Crippen LogP contribution is 2.11. The van der Waals surface area contributed by atoms with E-state index in [1.165, 1.54) is 36.2 Å². The summed E-state index contributed by atoms with van der Waals surface area (Å²) in [6, 6.07) is 4.38. The Bertz CT molecular complexity index is 983. The molecule has 0 atom stereocenters. The molecule has 0 saturated carbocycles. The summed E-state index contributed by atoms with van der Waals surface area (Å²) < 4.78 is 32.0. The molecular weight excluding hydrogens is 336 g/mol. The average molecular weight is 349 g/mol. The van der Waals surface area contributed by atoms with Crippen molar-refractivity contribution in [3.8, 4) is 0 Å². The Hall–Kier alpha value is -3.17. The number of fused-ring (bicyclic) bond motifs is 1. The molecule has 2 aromatic heterocycles. The Morgan fingerprint density at radius 2 is 2.12 bits per heavy atom. The Balaban J connectivity index is 1.96. The quantitative estimate of drug-likeness (QED) is 0.640. The molecule has 0 fully saturated rings. The largest absolute Gasteiger partial charge is 0.465 e. The molecule has 0 bridgehead atoms. The minimum absolute atomic E-state index is 0.0484. The highest BCUT2D eigenvalue weighted by molar-refractivity contribution is 5.93. The molecule has 3 aromatic rings. The molecule has 10 heteroatoms. The van der Waals surface area contributed by atoms with Gasteiger partial charge in [-0.05, 0) is 18.2 Å². The van der Waals surface area contributed by atoms with E-state index in [2.05, 4.69) is 19.8 Å². The fourth-order valence-electron chi connectivity index (χ4n) is 2.36. The van der Waals surface area contributed by atoms with E-state index in [-0.39, 0.29) is 28.9 Å². The number of halogens is 2. The summed E-state index contributed by atoms with van der Waals surface area (Å²) in [6.07, 6.45) is -0.156. The average Bonchev–Trinajstić information content (AvgIpc) is 3.02. The van der Waals surface area contributed by atoms with Crippen molar-refractivity contribution in [3.05, 3.63) is 52.6 Å². The van der Waals surface area contributed by atoms with Crippen LogP contribution in [0.3, 0.4) is 0 Å². The number of hydrogen-bond acceptors (Lipinski definition) is 6. The smallest absolute Gasteiger partial charge is 0.337 e. The number of methoxy groups -OCH3 is 1. The summed E-state index contributed by atoms with van der Waals surface area (Å²) in [5.41, 5.74) is 0.225. The number of nitrogens with zero attached hydrogens (tertiary/aromatic N) is 5. The summed E-state index contributed by atoms with van der Waals surface area (Å²) in [5, 5.41) is 4.01. The number of hydrogen-bond donors (Lipinski definition) is 0. The van der Waals surface area contributed by atoms with Gasteiger partial charge in [-0.1, -0.05) is 0 Å². The van der Waals surface area contributed by atoms with Gasteiger partial charge >= 0.3 is 5.97 Å². The van der Waals surface area contributed by atoms with E-state index >= 15 is 0 Å². The Morgan fingerprint density at radius 1 is 1.32 bits per heavy atom. The van der Waals surface area contributed by atoms with Gasteiger partial charge in [0, 0.05) is 0 Å². The van der Waals surface area contributed by atoms with E-state index < -0.39 is 18.9 Å². The van der Waals surface area contributed by atoms with E-state index in [1.807, 2.05) is 0 Å². The van der Waals surface area contributed by atoms with Crippen molar-refractivity contribution in [2.24, 2.45) is 0 Å². The molecule has 0 aliphatic rings. The lowest BCUT2D eigenvalue weighted by Gasteiger charge is -2.08. The van der Waals surface area contributed by atoms with Gasteiger partial charge < -0.3 is 4.74 Å². The fourth-order valence-corrected chi connectivity index (χ4v) is 2.36. The lowest BCUT2D eigenvalue weighted by Crippen LogP contribution is -2.24. The molecule has 0 spiro atoms. The molecule has 0 aliphatic carbocycles. The number of aromatic nitrogens is 5. The second-order valence-electron chi connectivity index (χ2n) is 5.15. The zero-order valence-corrected chi connectivity index (χ0v) is 13.1. The fraction of sp³-hybridized carbons (Fsp3) is 0.267. The first kappa shape index (κ1) is 16.7. The third-order valence-corrected chi connectivity index (χ3v) is 3.56. The molecule has 3 rings (SSSR count). The summed E-state index contributed by atoms with van der Waals surface area (Å²) in [6.45, 7) is -0.652. The van der Waals surface area contributed by atoms with Crippen LogP contribution in [0.25, 0.3) is 10.9 Å². The maximum atomic E-state index is 12.5. The van der Waals surface area contributed by atoms with Crippen molar-refractivity contribution in [2.75, 3.05) is 7.11 Å². The molecule has 0 aliphatic heterocycles. The van der Waals surface area contributed by atoms with Crippen LogP contribution in [0.4, 0.5) is 8.78 Å². The van der Waals surface area contributed by atoms with Crippen LogP contribution in [0.2, 0.25) is 0 Å². The van der Waals surface area contributed by atoms with Crippen molar-refractivity contribution in [1.29, 1.82) is 0 Å². The standard InChI is InChI=1S/C15H13F2N5O3/c1-25-15(24)9-2-3-10-11(4-9)19-8-21(14(10)23)6-13-18-7-20-22(13)5-12(16)17/h2-4,7-8,12H,5-6H2,1H3. The van der Waals surface area contributed by atoms with E-state index in [1.54, 1.807) is 0 Å². The number of rotatable bonds is 5. The predicted octanol–water partition coefficient (Wildman–Crippen LogP) is 1.09. The predicted molar refractivity (Wildman–Crippen MR) is 82.5 cm³/mol. The van der Waals surface area contributed by atoms with Crippen LogP contribution in [0.1, 0.15) is 16.2 Å². The van der Waals surface area contributed by atoms with Crippen LogP contribution in [0, 0.1) is 0 Å². The highest BCUT2D eigenvalue weighted by atomic mass is 19.3. The van der Waals surface area contributed by atoms with Gasteiger partial charge in [0.15, 0.2) is 0 Å². The number of benzene rings is 1. The molecule has 2 heterocycles. The Kier molecular flexibility index (Phi) is 4.50. The van der Waals surface area contributed by atoms with Crippen LogP contribution in [0.5, 0.6) is 0 Å². The zero-order valence-electron chi connectivity index (χ0n) is 13.1. The summed E-state index contributed by atoms with van der Waals surface area (Å²) >= 11 is 0. The first-order valence-electron chi connectivity index (χ1n) is 7.22. The van der Waals surface area contributed by atoms with Crippen molar-refractivity contribution < 1.29 is 18.3 Å². The van der Waals surface area contributed by atoms with Gasteiger partial charge in [-0.2, -0.15) is 5.10 Å². The van der Waals surface area contributed by atoms with E-state index in [9.17, 15) is 18.4 Å². The molecule has 0 N–H and O–H groups in total. The molecule has 8 nitrogen and oxygen atoms in total. The van der Waals surface area contributed by atoms with Crippen molar-refractivity contribution in [1.82, 2.24) is 24.3 Å². The number of carbonyl (C=O) groups excluding carboxylic acids is 1. The van der Waals surface area contributed by atoms with Gasteiger partial charge in [-0.25, -0.2) is 28.2 Å². The normalized spacial score (nSPS) is 11.2. The zero-order chi connectivity index (χ0) is 18.0. The molecule has 130 valence electrons. The third kappa shape index (κ3) is 3.37. The van der Waals surface area contributed by atoms with Crippen LogP contribution < -0.4 is 5.56 Å². The van der Waals surface area contributed by atoms with Gasteiger partial charge in [0.1, 0.15) is 18.7 Å². The molecule has 0 radical (unpaired) electrons. The van der Waals surface area contributed by atoms with Gasteiger partial charge in [-0.3, -0.25) is 9.36 Å². The van der Waals surface area contributed by atoms with Gasteiger partial charge in [0.25, 0.3) is 12.0 Å².